The summed E-state index contributed by atoms with van der Waals surface area (Å²) in [5.74, 6) is 0.291. The van der Waals surface area contributed by atoms with Crippen molar-refractivity contribution in [3.05, 3.63) is 34.3 Å². The molecule has 0 saturated carbocycles. The van der Waals surface area contributed by atoms with Gasteiger partial charge >= 0.3 is 0 Å². The van der Waals surface area contributed by atoms with Crippen LogP contribution in [0.2, 0.25) is 0 Å². The third kappa shape index (κ3) is 6.59. The fourth-order valence-corrected chi connectivity index (χ4v) is 2.23. The number of rotatable bonds is 7. The summed E-state index contributed by atoms with van der Waals surface area (Å²) in [6.45, 7) is 3.66. The molecule has 17 heavy (non-hydrogen) atoms. The Hall–Kier alpha value is -0.670. The quantitative estimate of drug-likeness (QED) is 0.716. The third-order valence-corrected chi connectivity index (χ3v) is 3.15. The van der Waals surface area contributed by atoms with Crippen molar-refractivity contribution >= 4 is 21.7 Å². The molecule has 0 amide bonds. The zero-order valence-corrected chi connectivity index (χ0v) is 12.2. The van der Waals surface area contributed by atoms with Gasteiger partial charge in [-0.25, -0.2) is 0 Å². The summed E-state index contributed by atoms with van der Waals surface area (Å²) in [6, 6.07) is 8.38. The Morgan fingerprint density at radius 3 is 2.76 bits per heavy atom. The molecule has 0 aliphatic carbocycles. The zero-order valence-electron chi connectivity index (χ0n) is 10.6. The molecule has 0 heterocycles. The minimum absolute atomic E-state index is 0.291. The van der Waals surface area contributed by atoms with Gasteiger partial charge in [0.05, 0.1) is 0 Å². The normalized spacial score (nSPS) is 10.8. The van der Waals surface area contributed by atoms with E-state index >= 15 is 0 Å². The van der Waals surface area contributed by atoms with E-state index in [9.17, 15) is 4.79 Å². The lowest BCUT2D eigenvalue weighted by Gasteiger charge is -2.16. The topological polar surface area (TPSA) is 20.3 Å². The molecule has 0 unspecified atom stereocenters. The van der Waals surface area contributed by atoms with E-state index in [4.69, 9.17) is 0 Å². The van der Waals surface area contributed by atoms with Crippen LogP contribution in [0.5, 0.6) is 0 Å². The summed E-state index contributed by atoms with van der Waals surface area (Å²) in [7, 11) is 2.12. The first-order valence-corrected chi connectivity index (χ1v) is 6.79. The van der Waals surface area contributed by atoms with Crippen molar-refractivity contribution in [1.29, 1.82) is 0 Å². The second-order valence-corrected chi connectivity index (χ2v) is 5.44. The number of Topliss-reactive ketones (excluding diaryl/α,β-unsaturated/α-hetero) is 1. The SMILES string of the molecule is CC(=O)CCCCN(C)Cc1cccc(Br)c1. The molecule has 0 N–H and O–H groups in total. The van der Waals surface area contributed by atoms with Gasteiger partial charge in [0.2, 0.25) is 0 Å². The number of nitrogens with zero attached hydrogens (tertiary/aromatic N) is 1. The number of halogens is 1. The summed E-state index contributed by atoms with van der Waals surface area (Å²) < 4.78 is 1.12. The van der Waals surface area contributed by atoms with Gasteiger partial charge in [-0.2, -0.15) is 0 Å². The summed E-state index contributed by atoms with van der Waals surface area (Å²) in [5, 5.41) is 0. The Morgan fingerprint density at radius 2 is 2.12 bits per heavy atom. The largest absolute Gasteiger partial charge is 0.302 e. The first-order chi connectivity index (χ1) is 8.08. The van der Waals surface area contributed by atoms with Gasteiger partial charge < -0.3 is 9.69 Å². The van der Waals surface area contributed by atoms with Gasteiger partial charge in [-0.3, -0.25) is 0 Å². The molecular weight excluding hydrogens is 278 g/mol. The minimum Gasteiger partial charge on any atom is -0.302 e. The first kappa shape index (κ1) is 14.4. The lowest BCUT2D eigenvalue weighted by atomic mass is 10.1. The van der Waals surface area contributed by atoms with E-state index in [1.54, 1.807) is 6.92 Å². The molecule has 0 atom stereocenters. The molecule has 1 aromatic carbocycles. The predicted molar refractivity (Wildman–Crippen MR) is 75.0 cm³/mol. The van der Waals surface area contributed by atoms with Crippen LogP contribution in [-0.4, -0.2) is 24.3 Å². The van der Waals surface area contributed by atoms with E-state index in [0.29, 0.717) is 12.2 Å². The second-order valence-electron chi connectivity index (χ2n) is 4.53. The fraction of sp³-hybridized carbons (Fsp3) is 0.500. The summed E-state index contributed by atoms with van der Waals surface area (Å²) >= 11 is 3.48. The number of hydrogen-bond acceptors (Lipinski definition) is 2. The fourth-order valence-electron chi connectivity index (χ4n) is 1.78. The number of carbonyl (C=O) groups is 1. The lowest BCUT2D eigenvalue weighted by molar-refractivity contribution is -0.117. The molecule has 0 saturated heterocycles. The predicted octanol–water partition coefficient (Wildman–Crippen LogP) is 3.64. The average molecular weight is 298 g/mol. The van der Waals surface area contributed by atoms with Crippen molar-refractivity contribution in [2.45, 2.75) is 32.7 Å². The van der Waals surface area contributed by atoms with E-state index in [0.717, 1.165) is 30.4 Å². The average Bonchev–Trinajstić information content (AvgIpc) is 2.24. The molecule has 2 nitrogen and oxygen atoms in total. The van der Waals surface area contributed by atoms with Crippen LogP contribution < -0.4 is 0 Å². The van der Waals surface area contributed by atoms with Gasteiger partial charge in [-0.05, 0) is 51.1 Å². The van der Waals surface area contributed by atoms with Crippen LogP contribution in [-0.2, 0) is 11.3 Å². The highest BCUT2D eigenvalue weighted by molar-refractivity contribution is 9.10. The van der Waals surface area contributed by atoms with Crippen LogP contribution in [0.4, 0.5) is 0 Å². The Labute approximate surface area is 112 Å². The number of ketones is 1. The zero-order chi connectivity index (χ0) is 12.7. The van der Waals surface area contributed by atoms with Crippen molar-refractivity contribution in [3.8, 4) is 0 Å². The molecule has 0 aliphatic rings. The van der Waals surface area contributed by atoms with E-state index in [2.05, 4.69) is 46.1 Å². The number of benzene rings is 1. The molecule has 3 heteroatoms. The lowest BCUT2D eigenvalue weighted by Crippen LogP contribution is -2.19. The smallest absolute Gasteiger partial charge is 0.129 e. The minimum atomic E-state index is 0.291. The van der Waals surface area contributed by atoms with Crippen LogP contribution in [0.25, 0.3) is 0 Å². The maximum absolute atomic E-state index is 10.8. The van der Waals surface area contributed by atoms with Crippen LogP contribution >= 0.6 is 15.9 Å². The van der Waals surface area contributed by atoms with Gasteiger partial charge in [0, 0.05) is 17.4 Å². The number of carbonyl (C=O) groups excluding carboxylic acids is 1. The molecular formula is C14H20BrNO. The summed E-state index contributed by atoms with van der Waals surface area (Å²) in [6.07, 6.45) is 2.80. The van der Waals surface area contributed by atoms with Crippen molar-refractivity contribution in [3.63, 3.8) is 0 Å². The van der Waals surface area contributed by atoms with Gasteiger partial charge in [0.15, 0.2) is 0 Å². The number of unbranched alkanes of at least 4 members (excludes halogenated alkanes) is 1. The molecule has 1 rings (SSSR count). The molecule has 0 spiro atoms. The Kier molecular flexibility index (Phi) is 6.45. The van der Waals surface area contributed by atoms with Crippen molar-refractivity contribution in [2.75, 3.05) is 13.6 Å². The first-order valence-electron chi connectivity index (χ1n) is 6.00. The van der Waals surface area contributed by atoms with Gasteiger partial charge in [0.25, 0.3) is 0 Å². The van der Waals surface area contributed by atoms with Crippen molar-refractivity contribution in [2.24, 2.45) is 0 Å². The van der Waals surface area contributed by atoms with Crippen LogP contribution in [0.1, 0.15) is 31.7 Å². The molecule has 94 valence electrons. The highest BCUT2D eigenvalue weighted by Gasteiger charge is 2.01. The van der Waals surface area contributed by atoms with E-state index in [-0.39, 0.29) is 0 Å². The second kappa shape index (κ2) is 7.62. The maximum Gasteiger partial charge on any atom is 0.129 e. The highest BCUT2D eigenvalue weighted by atomic mass is 79.9. The number of hydrogen-bond donors (Lipinski definition) is 0. The van der Waals surface area contributed by atoms with E-state index < -0.39 is 0 Å². The third-order valence-electron chi connectivity index (χ3n) is 2.66. The Balaban J connectivity index is 2.25. The van der Waals surface area contributed by atoms with Crippen molar-refractivity contribution < 1.29 is 4.79 Å². The maximum atomic E-state index is 10.8. The molecule has 0 aliphatic heterocycles. The molecule has 0 bridgehead atoms. The molecule has 1 aromatic rings. The van der Waals surface area contributed by atoms with Crippen LogP contribution in [0.15, 0.2) is 28.7 Å². The van der Waals surface area contributed by atoms with Crippen LogP contribution in [0, 0.1) is 0 Å². The van der Waals surface area contributed by atoms with Gasteiger partial charge in [-0.15, -0.1) is 0 Å². The molecule has 0 radical (unpaired) electrons. The molecule has 0 fully saturated rings. The van der Waals surface area contributed by atoms with Gasteiger partial charge in [-0.1, -0.05) is 28.1 Å². The van der Waals surface area contributed by atoms with Gasteiger partial charge in [0.1, 0.15) is 5.78 Å². The standard InChI is InChI=1S/C14H20BrNO/c1-12(17)6-3-4-9-16(2)11-13-7-5-8-14(15)10-13/h5,7-8,10H,3-4,6,9,11H2,1-2H3. The Morgan fingerprint density at radius 1 is 1.35 bits per heavy atom. The highest BCUT2D eigenvalue weighted by Crippen LogP contribution is 2.13. The summed E-state index contributed by atoms with van der Waals surface area (Å²) in [5.41, 5.74) is 1.31. The molecule has 0 aromatic heterocycles. The van der Waals surface area contributed by atoms with Crippen LogP contribution in [0.3, 0.4) is 0 Å². The monoisotopic (exact) mass is 297 g/mol. The summed E-state index contributed by atoms with van der Waals surface area (Å²) in [4.78, 5) is 13.1. The van der Waals surface area contributed by atoms with Crippen molar-refractivity contribution in [1.82, 2.24) is 4.90 Å². The van der Waals surface area contributed by atoms with E-state index in [1.165, 1.54) is 5.56 Å². The van der Waals surface area contributed by atoms with E-state index in [1.807, 2.05) is 6.07 Å². The Bertz CT molecular complexity index is 365.